The molecule has 0 radical (unpaired) electrons. The molecule has 0 unspecified atom stereocenters. The predicted molar refractivity (Wildman–Crippen MR) is 80.6 cm³/mol. The number of anilines is 2. The lowest BCUT2D eigenvalue weighted by Gasteiger charge is -2.16. The molecule has 0 aliphatic carbocycles. The molecular weight excluding hydrogens is 254 g/mol. The van der Waals surface area contributed by atoms with Gasteiger partial charge in [0, 0.05) is 6.07 Å². The molecule has 0 aliphatic rings. The van der Waals surface area contributed by atoms with E-state index in [1.54, 1.807) is 21.3 Å². The van der Waals surface area contributed by atoms with Gasteiger partial charge in [-0.3, -0.25) is 0 Å². The fourth-order valence-corrected chi connectivity index (χ4v) is 2.07. The molecule has 2 aromatic carbocycles. The van der Waals surface area contributed by atoms with E-state index in [1.165, 1.54) is 0 Å². The Kier molecular flexibility index (Phi) is 4.35. The van der Waals surface area contributed by atoms with E-state index < -0.39 is 0 Å². The van der Waals surface area contributed by atoms with E-state index in [1.807, 2.05) is 43.3 Å². The van der Waals surface area contributed by atoms with Crippen LogP contribution >= 0.6 is 0 Å². The van der Waals surface area contributed by atoms with Crippen molar-refractivity contribution in [3.8, 4) is 17.2 Å². The second-order valence-corrected chi connectivity index (χ2v) is 4.35. The van der Waals surface area contributed by atoms with Crippen molar-refractivity contribution < 1.29 is 14.2 Å². The fourth-order valence-electron chi connectivity index (χ4n) is 2.07. The van der Waals surface area contributed by atoms with Crippen molar-refractivity contribution in [1.29, 1.82) is 0 Å². The lowest BCUT2D eigenvalue weighted by atomic mass is 10.2. The number of benzene rings is 2. The van der Waals surface area contributed by atoms with Crippen LogP contribution in [-0.4, -0.2) is 21.3 Å². The van der Waals surface area contributed by atoms with Crippen molar-refractivity contribution in [2.75, 3.05) is 26.6 Å². The van der Waals surface area contributed by atoms with Crippen LogP contribution in [0.2, 0.25) is 0 Å². The largest absolute Gasteiger partial charge is 0.497 e. The molecule has 0 heterocycles. The summed E-state index contributed by atoms with van der Waals surface area (Å²) in [5.41, 5.74) is 2.83. The molecule has 106 valence electrons. The van der Waals surface area contributed by atoms with Gasteiger partial charge in [-0.25, -0.2) is 0 Å². The molecule has 0 bridgehead atoms. The Morgan fingerprint density at radius 2 is 1.65 bits per heavy atom. The molecule has 0 amide bonds. The number of aryl methyl sites for hydroxylation is 1. The number of methoxy groups -OCH3 is 3. The Morgan fingerprint density at radius 3 is 2.30 bits per heavy atom. The minimum atomic E-state index is 0.716. The number of ether oxygens (including phenoxy) is 3. The van der Waals surface area contributed by atoms with E-state index in [-0.39, 0.29) is 0 Å². The van der Waals surface area contributed by atoms with Gasteiger partial charge in [-0.15, -0.1) is 0 Å². The summed E-state index contributed by atoms with van der Waals surface area (Å²) in [6.07, 6.45) is 0. The summed E-state index contributed by atoms with van der Waals surface area (Å²) in [4.78, 5) is 0. The van der Waals surface area contributed by atoms with Crippen LogP contribution in [-0.2, 0) is 0 Å². The van der Waals surface area contributed by atoms with E-state index in [9.17, 15) is 0 Å². The van der Waals surface area contributed by atoms with Crippen LogP contribution in [0.1, 0.15) is 5.56 Å². The van der Waals surface area contributed by atoms with Crippen LogP contribution in [0.3, 0.4) is 0 Å². The molecule has 0 saturated heterocycles. The Hall–Kier alpha value is -2.36. The average Bonchev–Trinajstić information content (AvgIpc) is 2.48. The quantitative estimate of drug-likeness (QED) is 0.900. The van der Waals surface area contributed by atoms with Crippen LogP contribution in [0.15, 0.2) is 36.4 Å². The second kappa shape index (κ2) is 6.19. The normalized spacial score (nSPS) is 10.0. The Bertz CT molecular complexity index is 596. The van der Waals surface area contributed by atoms with Crippen LogP contribution < -0.4 is 19.5 Å². The highest BCUT2D eigenvalue weighted by atomic mass is 16.5. The van der Waals surface area contributed by atoms with Crippen LogP contribution in [0.25, 0.3) is 0 Å². The summed E-state index contributed by atoms with van der Waals surface area (Å²) in [6, 6.07) is 11.6. The van der Waals surface area contributed by atoms with Gasteiger partial charge in [-0.2, -0.15) is 0 Å². The molecule has 2 aromatic rings. The first-order valence-corrected chi connectivity index (χ1v) is 6.32. The van der Waals surface area contributed by atoms with Gasteiger partial charge < -0.3 is 19.5 Å². The lowest BCUT2D eigenvalue weighted by molar-refractivity contribution is 0.395. The third kappa shape index (κ3) is 2.79. The van der Waals surface area contributed by atoms with Gasteiger partial charge in [-0.1, -0.05) is 12.1 Å². The van der Waals surface area contributed by atoms with Crippen molar-refractivity contribution in [3.63, 3.8) is 0 Å². The minimum absolute atomic E-state index is 0.716. The molecule has 4 nitrogen and oxygen atoms in total. The number of hydrogen-bond acceptors (Lipinski definition) is 4. The van der Waals surface area contributed by atoms with Crippen molar-refractivity contribution in [2.45, 2.75) is 6.92 Å². The first kappa shape index (κ1) is 14.1. The van der Waals surface area contributed by atoms with Crippen molar-refractivity contribution in [2.24, 2.45) is 0 Å². The molecule has 0 aromatic heterocycles. The van der Waals surface area contributed by atoms with E-state index >= 15 is 0 Å². The van der Waals surface area contributed by atoms with Crippen molar-refractivity contribution >= 4 is 11.4 Å². The topological polar surface area (TPSA) is 39.7 Å². The molecule has 0 saturated carbocycles. The van der Waals surface area contributed by atoms with Crippen LogP contribution in [0, 0.1) is 6.92 Å². The Labute approximate surface area is 119 Å². The van der Waals surface area contributed by atoms with Gasteiger partial charge >= 0.3 is 0 Å². The van der Waals surface area contributed by atoms with Gasteiger partial charge in [0.1, 0.15) is 17.2 Å². The highest BCUT2D eigenvalue weighted by Gasteiger charge is 2.09. The van der Waals surface area contributed by atoms with E-state index in [4.69, 9.17) is 14.2 Å². The molecule has 4 heteroatoms. The van der Waals surface area contributed by atoms with E-state index in [2.05, 4.69) is 5.32 Å². The zero-order chi connectivity index (χ0) is 14.5. The molecule has 0 fully saturated rings. The number of rotatable bonds is 5. The molecule has 0 atom stereocenters. The van der Waals surface area contributed by atoms with E-state index in [0.29, 0.717) is 5.75 Å². The zero-order valence-corrected chi connectivity index (χ0v) is 12.2. The molecule has 0 aliphatic heterocycles. The zero-order valence-electron chi connectivity index (χ0n) is 12.2. The molecular formula is C16H19NO3. The number of hydrogen-bond donors (Lipinski definition) is 1. The monoisotopic (exact) mass is 273 g/mol. The van der Waals surface area contributed by atoms with E-state index in [0.717, 1.165) is 28.4 Å². The van der Waals surface area contributed by atoms with Gasteiger partial charge in [-0.05, 0) is 30.7 Å². The lowest BCUT2D eigenvalue weighted by Crippen LogP contribution is -1.98. The SMILES string of the molecule is COc1ccc(Nc2cccc(C)c2OC)c(OC)c1. The average molecular weight is 273 g/mol. The third-order valence-corrected chi connectivity index (χ3v) is 3.09. The summed E-state index contributed by atoms with van der Waals surface area (Å²) >= 11 is 0. The summed E-state index contributed by atoms with van der Waals surface area (Å²) in [5, 5.41) is 3.33. The maximum Gasteiger partial charge on any atom is 0.145 e. The summed E-state index contributed by atoms with van der Waals surface area (Å²) in [7, 11) is 4.93. The first-order valence-electron chi connectivity index (χ1n) is 6.32. The molecule has 20 heavy (non-hydrogen) atoms. The minimum Gasteiger partial charge on any atom is -0.497 e. The molecule has 1 N–H and O–H groups in total. The highest BCUT2D eigenvalue weighted by molar-refractivity contribution is 5.72. The Morgan fingerprint density at radius 1 is 0.850 bits per heavy atom. The van der Waals surface area contributed by atoms with Crippen LogP contribution in [0.4, 0.5) is 11.4 Å². The number of para-hydroxylation sites is 1. The first-order chi connectivity index (χ1) is 9.69. The summed E-state index contributed by atoms with van der Waals surface area (Å²) in [5.74, 6) is 2.29. The molecule has 2 rings (SSSR count). The smallest absolute Gasteiger partial charge is 0.145 e. The van der Waals surface area contributed by atoms with Crippen molar-refractivity contribution in [3.05, 3.63) is 42.0 Å². The van der Waals surface area contributed by atoms with Crippen molar-refractivity contribution in [1.82, 2.24) is 0 Å². The Balaban J connectivity index is 2.37. The van der Waals surface area contributed by atoms with Gasteiger partial charge in [0.25, 0.3) is 0 Å². The summed E-state index contributed by atoms with van der Waals surface area (Å²) < 4.78 is 16.0. The van der Waals surface area contributed by atoms with Crippen LogP contribution in [0.5, 0.6) is 17.2 Å². The number of nitrogens with one attached hydrogen (secondary N) is 1. The van der Waals surface area contributed by atoms with Gasteiger partial charge in [0.15, 0.2) is 0 Å². The highest BCUT2D eigenvalue weighted by Crippen LogP contribution is 2.35. The van der Waals surface area contributed by atoms with Gasteiger partial charge in [0.2, 0.25) is 0 Å². The maximum atomic E-state index is 5.44. The summed E-state index contributed by atoms with van der Waals surface area (Å²) in [6.45, 7) is 2.01. The fraction of sp³-hybridized carbons (Fsp3) is 0.250. The molecule has 0 spiro atoms. The maximum absolute atomic E-state index is 5.44. The standard InChI is InChI=1S/C16H19NO3/c1-11-6-5-7-14(16(11)20-4)17-13-9-8-12(18-2)10-15(13)19-3/h5-10,17H,1-4H3. The second-order valence-electron chi connectivity index (χ2n) is 4.35. The predicted octanol–water partition coefficient (Wildman–Crippen LogP) is 3.76. The van der Waals surface area contributed by atoms with Gasteiger partial charge in [0.05, 0.1) is 32.7 Å². The third-order valence-electron chi connectivity index (χ3n) is 3.09.